The summed E-state index contributed by atoms with van der Waals surface area (Å²) >= 11 is 0. The molecule has 2 aliphatic heterocycles. The molecule has 0 amide bonds. The van der Waals surface area contributed by atoms with Crippen LogP contribution in [0.1, 0.15) is 17.5 Å². The molecule has 4 heterocycles. The molecule has 7 heteroatoms. The van der Waals surface area contributed by atoms with E-state index in [1.54, 1.807) is 24.5 Å². The molecule has 2 aromatic heterocycles. The van der Waals surface area contributed by atoms with Crippen molar-refractivity contribution >= 4 is 11.8 Å². The highest BCUT2D eigenvalue weighted by Crippen LogP contribution is 2.42. The quantitative estimate of drug-likeness (QED) is 0.702. The Morgan fingerprint density at radius 2 is 1.86 bits per heavy atom. The van der Waals surface area contributed by atoms with E-state index >= 15 is 0 Å². The highest BCUT2D eigenvalue weighted by Gasteiger charge is 2.49. The maximum Gasteiger partial charge on any atom is 0.220 e. The summed E-state index contributed by atoms with van der Waals surface area (Å²) in [5.74, 6) is 0.739. The zero-order valence-electron chi connectivity index (χ0n) is 15.7. The first-order chi connectivity index (χ1) is 14.2. The van der Waals surface area contributed by atoms with E-state index in [1.165, 1.54) is 6.20 Å². The minimum atomic E-state index is -0.887. The Labute approximate surface area is 167 Å². The average Bonchev–Trinajstić information content (AvgIpc) is 3.09. The Balaban J connectivity index is 1.75. The molecule has 2 N–H and O–H groups in total. The van der Waals surface area contributed by atoms with Gasteiger partial charge in [-0.25, -0.2) is 9.98 Å². The fraction of sp³-hybridized carbons (Fsp3) is 0.182. The van der Waals surface area contributed by atoms with Gasteiger partial charge in [-0.05, 0) is 53.4 Å². The van der Waals surface area contributed by atoms with Crippen molar-refractivity contribution in [2.24, 2.45) is 15.7 Å². The van der Waals surface area contributed by atoms with Crippen LogP contribution >= 0.6 is 0 Å². The predicted molar refractivity (Wildman–Crippen MR) is 110 cm³/mol. The van der Waals surface area contributed by atoms with Crippen molar-refractivity contribution in [2.45, 2.75) is 12.0 Å². The van der Waals surface area contributed by atoms with Crippen LogP contribution in [0.2, 0.25) is 0 Å². The van der Waals surface area contributed by atoms with Gasteiger partial charge in [-0.2, -0.15) is 4.39 Å². The van der Waals surface area contributed by atoms with Crippen LogP contribution in [-0.2, 0) is 5.54 Å². The first-order valence-electron chi connectivity index (χ1n) is 9.50. The van der Waals surface area contributed by atoms with Crippen LogP contribution in [0.25, 0.3) is 11.1 Å². The first kappa shape index (κ1) is 17.5. The lowest BCUT2D eigenvalue weighted by Gasteiger charge is -2.33. The van der Waals surface area contributed by atoms with E-state index in [2.05, 4.69) is 9.97 Å². The number of nitrogens with zero attached hydrogens (tertiary/aromatic N) is 5. The number of hydrogen-bond donors (Lipinski definition) is 1. The summed E-state index contributed by atoms with van der Waals surface area (Å²) < 4.78 is 14.3. The number of halogens is 1. The van der Waals surface area contributed by atoms with Crippen LogP contribution in [0.3, 0.4) is 0 Å². The van der Waals surface area contributed by atoms with Gasteiger partial charge in [0.05, 0.1) is 0 Å². The zero-order valence-corrected chi connectivity index (χ0v) is 15.7. The minimum absolute atomic E-state index is 0.441. The standard InChI is InChI=1S/C22H19FN6/c23-19-18(6-2-9-26-19)15-4-1-5-17(14-15)22(16-7-11-25-12-8-16)20-27-10-3-13-29(20)21(24)28-22/h1-2,4-9,11-12,14H,3,10,13H2,(H2,24,28). The Bertz CT molecular complexity index is 1130. The summed E-state index contributed by atoms with van der Waals surface area (Å²) in [5.41, 5.74) is 8.39. The third kappa shape index (κ3) is 2.69. The summed E-state index contributed by atoms with van der Waals surface area (Å²) in [6, 6.07) is 15.0. The van der Waals surface area contributed by atoms with Crippen molar-refractivity contribution in [2.75, 3.05) is 13.1 Å². The maximum atomic E-state index is 14.3. The SMILES string of the molecule is NC1=NC(c2ccncc2)(c2cccc(-c3cccnc3F)c2)C2=NCCCN12. The number of guanidine groups is 1. The molecule has 0 saturated carbocycles. The number of hydrogen-bond acceptors (Lipinski definition) is 6. The van der Waals surface area contributed by atoms with Gasteiger partial charge in [0.1, 0.15) is 5.84 Å². The number of aromatic nitrogens is 2. The molecule has 3 aromatic rings. The molecular weight excluding hydrogens is 367 g/mol. The Hall–Kier alpha value is -3.61. The van der Waals surface area contributed by atoms with E-state index in [9.17, 15) is 4.39 Å². The monoisotopic (exact) mass is 386 g/mol. The van der Waals surface area contributed by atoms with Gasteiger partial charge in [0, 0.05) is 37.2 Å². The van der Waals surface area contributed by atoms with E-state index in [-0.39, 0.29) is 0 Å². The Morgan fingerprint density at radius 1 is 1.00 bits per heavy atom. The van der Waals surface area contributed by atoms with Crippen molar-refractivity contribution in [3.05, 3.63) is 84.2 Å². The van der Waals surface area contributed by atoms with E-state index in [0.29, 0.717) is 11.5 Å². The molecule has 0 bridgehead atoms. The van der Waals surface area contributed by atoms with Crippen LogP contribution in [0, 0.1) is 5.95 Å². The lowest BCUT2D eigenvalue weighted by atomic mass is 9.81. The van der Waals surface area contributed by atoms with Crippen molar-refractivity contribution in [3.8, 4) is 11.1 Å². The van der Waals surface area contributed by atoms with Crippen molar-refractivity contribution in [3.63, 3.8) is 0 Å². The smallest absolute Gasteiger partial charge is 0.220 e. The molecule has 0 aliphatic carbocycles. The van der Waals surface area contributed by atoms with Crippen LogP contribution in [-0.4, -0.2) is 39.8 Å². The van der Waals surface area contributed by atoms with Crippen LogP contribution < -0.4 is 5.73 Å². The third-order valence-corrected chi connectivity index (χ3v) is 5.39. The summed E-state index contributed by atoms with van der Waals surface area (Å²) in [7, 11) is 0. The van der Waals surface area contributed by atoms with Gasteiger partial charge >= 0.3 is 0 Å². The Morgan fingerprint density at radius 3 is 2.69 bits per heavy atom. The van der Waals surface area contributed by atoms with Gasteiger partial charge in [0.25, 0.3) is 0 Å². The topological polar surface area (TPSA) is 79.8 Å². The van der Waals surface area contributed by atoms with E-state index in [0.717, 1.165) is 42.0 Å². The number of amidine groups is 1. The fourth-order valence-electron chi connectivity index (χ4n) is 4.08. The van der Waals surface area contributed by atoms with Crippen molar-refractivity contribution in [1.82, 2.24) is 14.9 Å². The molecule has 5 rings (SSSR count). The highest BCUT2D eigenvalue weighted by atomic mass is 19.1. The van der Waals surface area contributed by atoms with E-state index in [4.69, 9.17) is 15.7 Å². The summed E-state index contributed by atoms with van der Waals surface area (Å²) in [6.45, 7) is 1.50. The number of nitrogens with two attached hydrogens (primary N) is 1. The molecule has 6 nitrogen and oxygen atoms in total. The van der Waals surface area contributed by atoms with Gasteiger partial charge in [-0.1, -0.05) is 18.2 Å². The fourth-order valence-corrected chi connectivity index (χ4v) is 4.08. The van der Waals surface area contributed by atoms with Gasteiger partial charge < -0.3 is 5.73 Å². The average molecular weight is 386 g/mol. The number of benzene rings is 1. The normalized spacial score (nSPS) is 20.8. The van der Waals surface area contributed by atoms with E-state index < -0.39 is 11.5 Å². The number of rotatable bonds is 3. The largest absolute Gasteiger partial charge is 0.369 e. The van der Waals surface area contributed by atoms with Crippen molar-refractivity contribution < 1.29 is 4.39 Å². The third-order valence-electron chi connectivity index (χ3n) is 5.39. The second-order valence-electron chi connectivity index (χ2n) is 7.05. The Kier molecular flexibility index (Phi) is 4.08. The second kappa shape index (κ2) is 6.77. The van der Waals surface area contributed by atoms with Gasteiger partial charge in [-0.15, -0.1) is 0 Å². The van der Waals surface area contributed by atoms with Crippen LogP contribution in [0.15, 0.2) is 77.1 Å². The van der Waals surface area contributed by atoms with Crippen molar-refractivity contribution in [1.29, 1.82) is 0 Å². The predicted octanol–water partition coefficient (Wildman–Crippen LogP) is 2.96. The zero-order chi connectivity index (χ0) is 19.8. The molecule has 0 fully saturated rings. The number of pyridine rings is 2. The lowest BCUT2D eigenvalue weighted by Crippen LogP contribution is -2.46. The summed E-state index contributed by atoms with van der Waals surface area (Å²) in [6.07, 6.45) is 5.84. The second-order valence-corrected chi connectivity index (χ2v) is 7.05. The molecule has 2 aliphatic rings. The lowest BCUT2D eigenvalue weighted by molar-refractivity contribution is 0.531. The molecule has 0 radical (unpaired) electrons. The van der Waals surface area contributed by atoms with Gasteiger partial charge in [-0.3, -0.25) is 14.9 Å². The molecule has 1 atom stereocenters. The molecular formula is C22H19FN6. The van der Waals surface area contributed by atoms with E-state index in [1.807, 2.05) is 41.3 Å². The summed E-state index contributed by atoms with van der Waals surface area (Å²) in [5, 5.41) is 0. The minimum Gasteiger partial charge on any atom is -0.369 e. The highest BCUT2D eigenvalue weighted by molar-refractivity contribution is 6.12. The molecule has 29 heavy (non-hydrogen) atoms. The molecule has 1 aromatic carbocycles. The number of fused-ring (bicyclic) bond motifs is 1. The molecule has 0 spiro atoms. The summed E-state index contributed by atoms with van der Waals surface area (Å²) in [4.78, 5) is 19.6. The van der Waals surface area contributed by atoms with Crippen LogP contribution in [0.5, 0.6) is 0 Å². The van der Waals surface area contributed by atoms with Crippen LogP contribution in [0.4, 0.5) is 4.39 Å². The first-order valence-corrected chi connectivity index (χ1v) is 9.50. The maximum absolute atomic E-state index is 14.3. The van der Waals surface area contributed by atoms with Gasteiger partial charge in [0.2, 0.25) is 5.95 Å². The van der Waals surface area contributed by atoms with Gasteiger partial charge in [0.15, 0.2) is 11.5 Å². The number of aliphatic imine (C=N–C) groups is 2. The molecule has 0 saturated heterocycles. The molecule has 1 unspecified atom stereocenters. The molecule has 144 valence electrons.